The van der Waals surface area contributed by atoms with Gasteiger partial charge in [-0.2, -0.15) is 4.31 Å². The molecule has 0 unspecified atom stereocenters. The molecular formula is C24H27FN4O4S. The van der Waals surface area contributed by atoms with E-state index in [4.69, 9.17) is 0 Å². The smallest absolute Gasteiger partial charge is 0.319 e. The van der Waals surface area contributed by atoms with Gasteiger partial charge in [0.05, 0.1) is 6.67 Å². The molecule has 0 aromatic heterocycles. The fraction of sp³-hybridized carbons (Fsp3) is 0.417. The van der Waals surface area contributed by atoms with Gasteiger partial charge in [-0.05, 0) is 55.0 Å². The van der Waals surface area contributed by atoms with Crippen molar-refractivity contribution in [3.05, 3.63) is 65.0 Å². The average Bonchev–Trinajstić information content (AvgIpc) is 3.38. The van der Waals surface area contributed by atoms with Crippen LogP contribution in [0.1, 0.15) is 30.0 Å². The number of aryl methyl sites for hydroxylation is 2. The van der Waals surface area contributed by atoms with Crippen LogP contribution in [0.2, 0.25) is 0 Å². The monoisotopic (exact) mass is 486 g/mol. The Bertz CT molecular complexity index is 1260. The van der Waals surface area contributed by atoms with Gasteiger partial charge in [-0.25, -0.2) is 22.5 Å². The molecule has 0 radical (unpaired) electrons. The third kappa shape index (κ3) is 3.79. The van der Waals surface area contributed by atoms with E-state index in [0.29, 0.717) is 13.1 Å². The zero-order chi connectivity index (χ0) is 24.1. The Morgan fingerprint density at radius 1 is 1.00 bits per heavy atom. The second kappa shape index (κ2) is 8.44. The van der Waals surface area contributed by atoms with Crippen LogP contribution in [0.15, 0.2) is 47.4 Å². The molecule has 2 aliphatic heterocycles. The Balaban J connectivity index is 1.26. The highest BCUT2D eigenvalue weighted by molar-refractivity contribution is 7.89. The van der Waals surface area contributed by atoms with Gasteiger partial charge in [0.25, 0.3) is 5.91 Å². The van der Waals surface area contributed by atoms with Gasteiger partial charge in [0, 0.05) is 26.2 Å². The Morgan fingerprint density at radius 3 is 2.44 bits per heavy atom. The van der Waals surface area contributed by atoms with Crippen molar-refractivity contribution < 1.29 is 22.4 Å². The molecule has 5 rings (SSSR count). The molecule has 3 amide bonds. The van der Waals surface area contributed by atoms with Crippen LogP contribution in [0.5, 0.6) is 0 Å². The molecule has 2 saturated heterocycles. The first-order valence-electron chi connectivity index (χ1n) is 11.4. The van der Waals surface area contributed by atoms with Gasteiger partial charge in [0.1, 0.15) is 16.3 Å². The number of rotatable bonds is 5. The maximum atomic E-state index is 14.1. The number of piperazine rings is 1. The van der Waals surface area contributed by atoms with Gasteiger partial charge in [-0.1, -0.05) is 30.3 Å². The topological polar surface area (TPSA) is 90.0 Å². The molecule has 1 N–H and O–H groups in total. The lowest BCUT2D eigenvalue weighted by molar-refractivity contribution is -0.132. The van der Waals surface area contributed by atoms with E-state index in [-0.39, 0.29) is 30.6 Å². The summed E-state index contributed by atoms with van der Waals surface area (Å²) in [5, 5.41) is 2.85. The van der Waals surface area contributed by atoms with Crippen molar-refractivity contribution in [1.29, 1.82) is 0 Å². The summed E-state index contributed by atoms with van der Waals surface area (Å²) in [5.41, 5.74) is 2.16. The lowest BCUT2D eigenvalue weighted by Crippen LogP contribution is -2.52. The number of carbonyl (C=O) groups is 2. The Hall–Kier alpha value is -2.82. The summed E-state index contributed by atoms with van der Waals surface area (Å²) in [6.07, 6.45) is 3.11. The van der Waals surface area contributed by atoms with Crippen LogP contribution in [-0.4, -0.2) is 67.3 Å². The van der Waals surface area contributed by atoms with Crippen LogP contribution in [0.25, 0.3) is 0 Å². The van der Waals surface area contributed by atoms with Crippen LogP contribution in [0, 0.1) is 5.82 Å². The lowest BCUT2D eigenvalue weighted by atomic mass is 9.90. The van der Waals surface area contributed by atoms with Crippen molar-refractivity contribution in [1.82, 2.24) is 19.4 Å². The van der Waals surface area contributed by atoms with E-state index < -0.39 is 27.4 Å². The van der Waals surface area contributed by atoms with Crippen LogP contribution in [0.4, 0.5) is 9.18 Å². The van der Waals surface area contributed by atoms with E-state index in [1.165, 1.54) is 38.5 Å². The number of amides is 3. The lowest BCUT2D eigenvalue weighted by Gasteiger charge is -2.35. The van der Waals surface area contributed by atoms with Crippen LogP contribution in [-0.2, 0) is 33.2 Å². The highest BCUT2D eigenvalue weighted by Gasteiger charge is 2.49. The number of urea groups is 1. The van der Waals surface area contributed by atoms with Crippen molar-refractivity contribution >= 4 is 22.0 Å². The fourth-order valence-electron chi connectivity index (χ4n) is 5.01. The number of carbonyl (C=O) groups excluding carboxylic acids is 2. The first-order chi connectivity index (χ1) is 16.2. The number of benzene rings is 2. The van der Waals surface area contributed by atoms with Crippen molar-refractivity contribution in [3.63, 3.8) is 0 Å². The Labute approximate surface area is 198 Å². The summed E-state index contributed by atoms with van der Waals surface area (Å²) in [7, 11) is -3.95. The third-order valence-electron chi connectivity index (χ3n) is 7.08. The minimum absolute atomic E-state index is 0.0682. The maximum Gasteiger partial charge on any atom is 0.326 e. The maximum absolute atomic E-state index is 14.1. The number of nitrogens with zero attached hydrogens (tertiary/aromatic N) is 3. The summed E-state index contributed by atoms with van der Waals surface area (Å²) in [6.45, 7) is 2.72. The average molecular weight is 487 g/mol. The van der Waals surface area contributed by atoms with Crippen molar-refractivity contribution in [2.24, 2.45) is 0 Å². The van der Waals surface area contributed by atoms with Crippen LogP contribution in [0.3, 0.4) is 0 Å². The number of imide groups is 1. The van der Waals surface area contributed by atoms with E-state index in [9.17, 15) is 22.4 Å². The molecule has 2 heterocycles. The number of hydrogen-bond acceptors (Lipinski definition) is 5. The van der Waals surface area contributed by atoms with Gasteiger partial charge in [0.15, 0.2) is 0 Å². The molecule has 180 valence electrons. The predicted octanol–water partition coefficient (Wildman–Crippen LogP) is 2.05. The first kappa shape index (κ1) is 22.9. The second-order valence-corrected chi connectivity index (χ2v) is 11.1. The number of sulfonamides is 1. The molecule has 2 fully saturated rings. The number of halogens is 1. The van der Waals surface area contributed by atoms with Gasteiger partial charge in [0.2, 0.25) is 10.0 Å². The van der Waals surface area contributed by atoms with Gasteiger partial charge >= 0.3 is 6.03 Å². The van der Waals surface area contributed by atoms with Gasteiger partial charge in [-0.3, -0.25) is 9.69 Å². The molecule has 2 aromatic carbocycles. The molecule has 34 heavy (non-hydrogen) atoms. The summed E-state index contributed by atoms with van der Waals surface area (Å²) in [6, 6.07) is 10.8. The quantitative estimate of drug-likeness (QED) is 0.654. The molecule has 0 bridgehead atoms. The third-order valence-corrected chi connectivity index (χ3v) is 9.01. The largest absolute Gasteiger partial charge is 0.326 e. The number of nitrogens with one attached hydrogen (secondary N) is 1. The number of fused-ring (bicyclic) bond motifs is 1. The van der Waals surface area contributed by atoms with Crippen molar-refractivity contribution in [3.8, 4) is 0 Å². The number of hydrogen-bond donors (Lipinski definition) is 1. The normalized spacial score (nSPS) is 23.9. The van der Waals surface area contributed by atoms with Crippen molar-refractivity contribution in [2.75, 3.05) is 32.8 Å². The molecule has 8 nitrogen and oxygen atoms in total. The van der Waals surface area contributed by atoms with E-state index in [1.807, 2.05) is 23.1 Å². The summed E-state index contributed by atoms with van der Waals surface area (Å²) in [5.74, 6) is -1.10. The van der Waals surface area contributed by atoms with Crippen LogP contribution >= 0.6 is 0 Å². The Morgan fingerprint density at radius 2 is 1.71 bits per heavy atom. The second-order valence-electron chi connectivity index (χ2n) is 9.22. The highest BCUT2D eigenvalue weighted by atomic mass is 32.2. The molecule has 2 aromatic rings. The molecule has 3 aliphatic rings. The molecule has 0 spiro atoms. The molecular weight excluding hydrogens is 459 g/mol. The predicted molar refractivity (Wildman–Crippen MR) is 123 cm³/mol. The minimum Gasteiger partial charge on any atom is -0.319 e. The van der Waals surface area contributed by atoms with E-state index in [2.05, 4.69) is 5.32 Å². The molecule has 0 saturated carbocycles. The zero-order valence-electron chi connectivity index (χ0n) is 19.0. The zero-order valence-corrected chi connectivity index (χ0v) is 19.8. The first-order valence-corrected chi connectivity index (χ1v) is 12.9. The van der Waals surface area contributed by atoms with Gasteiger partial charge < -0.3 is 5.32 Å². The molecule has 1 aliphatic carbocycles. The Kier molecular flexibility index (Phi) is 5.70. The van der Waals surface area contributed by atoms with Crippen molar-refractivity contribution in [2.45, 2.75) is 36.6 Å². The summed E-state index contributed by atoms with van der Waals surface area (Å²) < 4.78 is 40.9. The minimum atomic E-state index is -3.95. The highest BCUT2D eigenvalue weighted by Crippen LogP contribution is 2.33. The molecule has 1 atom stereocenters. The SMILES string of the molecule is C[C@@]1(c2ccc3c(c2)CCC3)NC(=O)N(CN2CCN(S(=O)(=O)c3ccccc3F)CC2)C1=O. The van der Waals surface area contributed by atoms with Gasteiger partial charge in [-0.15, -0.1) is 0 Å². The molecule has 10 heteroatoms. The fourth-order valence-corrected chi connectivity index (χ4v) is 6.50. The summed E-state index contributed by atoms with van der Waals surface area (Å²) >= 11 is 0. The van der Waals surface area contributed by atoms with E-state index in [0.717, 1.165) is 30.9 Å². The summed E-state index contributed by atoms with van der Waals surface area (Å²) in [4.78, 5) is 28.8. The standard InChI is InChI=1S/C24H27FN4O4S/c1-24(19-10-9-17-5-4-6-18(17)15-19)22(30)29(23(31)26-24)16-27-11-13-28(14-12-27)34(32,33)21-8-3-2-7-20(21)25/h2-3,7-10,15H,4-6,11-14,16H2,1H3,(H,26,31)/t24-/m0/s1. The van der Waals surface area contributed by atoms with Crippen LogP contribution < -0.4 is 5.32 Å². The van der Waals surface area contributed by atoms with E-state index >= 15 is 0 Å². The van der Waals surface area contributed by atoms with E-state index in [1.54, 1.807) is 6.92 Å².